The summed E-state index contributed by atoms with van der Waals surface area (Å²) in [5.74, 6) is 2.13. The average molecular weight is 497 g/mol. The molecule has 2 heterocycles. The zero-order valence-corrected chi connectivity index (χ0v) is 18.6. The molecule has 152 valence electrons. The van der Waals surface area contributed by atoms with Crippen LogP contribution in [0.1, 0.15) is 25.3 Å². The van der Waals surface area contributed by atoms with Gasteiger partial charge in [-0.3, -0.25) is 4.90 Å². The first kappa shape index (κ1) is 20.8. The van der Waals surface area contributed by atoms with Gasteiger partial charge in [0.05, 0.1) is 10.7 Å². The van der Waals surface area contributed by atoms with Crippen molar-refractivity contribution in [2.45, 2.75) is 32.2 Å². The van der Waals surface area contributed by atoms with Gasteiger partial charge in [0.2, 0.25) is 17.8 Å². The molecule has 0 bridgehead atoms. The number of halogens is 1. The van der Waals surface area contributed by atoms with Crippen molar-refractivity contribution in [1.29, 1.82) is 0 Å². The Morgan fingerprint density at radius 3 is 2.75 bits per heavy atom. The van der Waals surface area contributed by atoms with E-state index in [-0.39, 0.29) is 5.95 Å². The molecule has 1 saturated heterocycles. The maximum atomic E-state index is 5.86. The van der Waals surface area contributed by atoms with Gasteiger partial charge in [0.1, 0.15) is 5.75 Å². The zero-order chi connectivity index (χ0) is 19.9. The van der Waals surface area contributed by atoms with E-state index in [0.29, 0.717) is 24.5 Å². The van der Waals surface area contributed by atoms with E-state index in [9.17, 15) is 0 Å². The van der Waals surface area contributed by atoms with E-state index in [4.69, 9.17) is 10.5 Å². The summed E-state index contributed by atoms with van der Waals surface area (Å²) in [6.07, 6.45) is 3.30. The molecule has 1 atom stereocenters. The number of methoxy groups -OCH3 is 1. The molecule has 1 aromatic carbocycles. The fraction of sp³-hybridized carbons (Fsp3) is 0.526. The number of rotatable bonds is 9. The maximum Gasteiger partial charge on any atom is 0.229 e. The van der Waals surface area contributed by atoms with Gasteiger partial charge in [-0.05, 0) is 72.6 Å². The van der Waals surface area contributed by atoms with Crippen LogP contribution < -0.4 is 21.1 Å². The lowest BCUT2D eigenvalue weighted by Crippen LogP contribution is -2.35. The van der Waals surface area contributed by atoms with Crippen LogP contribution in [-0.4, -0.2) is 59.2 Å². The molecule has 0 saturated carbocycles. The highest BCUT2D eigenvalue weighted by Gasteiger charge is 2.22. The third-order valence-electron chi connectivity index (χ3n) is 4.97. The van der Waals surface area contributed by atoms with Gasteiger partial charge in [0.15, 0.2) is 0 Å². The topological polar surface area (TPSA) is 101 Å². The summed E-state index contributed by atoms with van der Waals surface area (Å²) >= 11 is 2.28. The standard InChI is InChI=1S/C19H28IN7O/c1-3-27-10-4-5-14(27)12-23-19-25-17(21)24-18(26-19)22-9-8-13-6-7-16(28-2)15(20)11-13/h6-7,11,14H,3-5,8-10,12H2,1-2H3,(H4,21,22,23,24,25,26). The monoisotopic (exact) mass is 497 g/mol. The fourth-order valence-electron chi connectivity index (χ4n) is 3.49. The molecule has 0 radical (unpaired) electrons. The van der Waals surface area contributed by atoms with Crippen LogP contribution in [0, 0.1) is 3.57 Å². The first-order valence-electron chi connectivity index (χ1n) is 9.64. The van der Waals surface area contributed by atoms with Crippen LogP contribution in [0.2, 0.25) is 0 Å². The summed E-state index contributed by atoms with van der Waals surface area (Å²) in [6, 6.07) is 6.70. The number of likely N-dealkylation sites (N-methyl/N-ethyl adjacent to an activating group) is 1. The third kappa shape index (κ3) is 5.57. The molecule has 0 spiro atoms. The van der Waals surface area contributed by atoms with Gasteiger partial charge in [-0.2, -0.15) is 15.0 Å². The minimum Gasteiger partial charge on any atom is -0.496 e. The summed E-state index contributed by atoms with van der Waals surface area (Å²) in [6.45, 7) is 5.96. The molecule has 4 N–H and O–H groups in total. The van der Waals surface area contributed by atoms with Crippen LogP contribution in [0.25, 0.3) is 0 Å². The predicted octanol–water partition coefficient (Wildman–Crippen LogP) is 2.62. The van der Waals surface area contributed by atoms with Crippen molar-refractivity contribution in [1.82, 2.24) is 19.9 Å². The van der Waals surface area contributed by atoms with Gasteiger partial charge in [0, 0.05) is 19.1 Å². The minimum absolute atomic E-state index is 0.220. The fourth-order valence-corrected chi connectivity index (χ4v) is 4.29. The second-order valence-corrected chi connectivity index (χ2v) is 7.95. The van der Waals surface area contributed by atoms with E-state index >= 15 is 0 Å². The SMILES string of the molecule is CCN1CCCC1CNc1nc(N)nc(NCCc2ccc(OC)c(I)c2)n1. The second-order valence-electron chi connectivity index (χ2n) is 6.79. The Morgan fingerprint density at radius 2 is 2.04 bits per heavy atom. The van der Waals surface area contributed by atoms with E-state index in [1.165, 1.54) is 24.9 Å². The normalized spacial score (nSPS) is 16.9. The van der Waals surface area contributed by atoms with Crippen LogP contribution in [0.15, 0.2) is 18.2 Å². The van der Waals surface area contributed by atoms with Crippen LogP contribution in [0.5, 0.6) is 5.75 Å². The van der Waals surface area contributed by atoms with E-state index in [1.807, 2.05) is 6.07 Å². The minimum atomic E-state index is 0.220. The number of nitrogen functional groups attached to an aromatic ring is 1. The smallest absolute Gasteiger partial charge is 0.229 e. The van der Waals surface area contributed by atoms with Crippen molar-refractivity contribution in [2.75, 3.05) is 49.7 Å². The van der Waals surface area contributed by atoms with E-state index in [1.54, 1.807) is 7.11 Å². The molecule has 1 aliphatic rings. The summed E-state index contributed by atoms with van der Waals surface area (Å²) in [7, 11) is 1.68. The van der Waals surface area contributed by atoms with E-state index < -0.39 is 0 Å². The number of aromatic nitrogens is 3. The number of nitrogens with zero attached hydrogens (tertiary/aromatic N) is 4. The van der Waals surface area contributed by atoms with Crippen molar-refractivity contribution in [2.24, 2.45) is 0 Å². The molecular weight excluding hydrogens is 469 g/mol. The molecule has 28 heavy (non-hydrogen) atoms. The number of anilines is 3. The number of nitrogens with one attached hydrogen (secondary N) is 2. The van der Waals surface area contributed by atoms with Crippen molar-refractivity contribution < 1.29 is 4.74 Å². The van der Waals surface area contributed by atoms with Crippen molar-refractivity contribution >= 4 is 40.4 Å². The molecule has 8 nitrogen and oxygen atoms in total. The molecular formula is C19H28IN7O. The summed E-state index contributed by atoms with van der Waals surface area (Å²) < 4.78 is 6.40. The van der Waals surface area contributed by atoms with Crippen LogP contribution in [0.4, 0.5) is 17.8 Å². The predicted molar refractivity (Wildman–Crippen MR) is 121 cm³/mol. The van der Waals surface area contributed by atoms with Gasteiger partial charge in [-0.1, -0.05) is 13.0 Å². The molecule has 1 aliphatic heterocycles. The van der Waals surface area contributed by atoms with E-state index in [0.717, 1.165) is 28.8 Å². The third-order valence-corrected chi connectivity index (χ3v) is 5.81. The number of likely N-dealkylation sites (tertiary alicyclic amines) is 1. The van der Waals surface area contributed by atoms with Gasteiger partial charge in [0.25, 0.3) is 0 Å². The largest absolute Gasteiger partial charge is 0.496 e. The lowest BCUT2D eigenvalue weighted by Gasteiger charge is -2.22. The quantitative estimate of drug-likeness (QED) is 0.455. The highest BCUT2D eigenvalue weighted by Crippen LogP contribution is 2.22. The first-order chi connectivity index (χ1) is 13.6. The number of benzene rings is 1. The molecule has 0 amide bonds. The summed E-state index contributed by atoms with van der Waals surface area (Å²) in [5.41, 5.74) is 7.09. The second kappa shape index (κ2) is 10.1. The molecule has 1 aromatic heterocycles. The van der Waals surface area contributed by atoms with Gasteiger partial charge >= 0.3 is 0 Å². The van der Waals surface area contributed by atoms with Crippen LogP contribution in [-0.2, 0) is 6.42 Å². The highest BCUT2D eigenvalue weighted by atomic mass is 127. The Hall–Kier alpha value is -1.88. The number of hydrogen-bond donors (Lipinski definition) is 3. The molecule has 9 heteroatoms. The van der Waals surface area contributed by atoms with Crippen molar-refractivity contribution in [3.05, 3.63) is 27.3 Å². The van der Waals surface area contributed by atoms with Gasteiger partial charge in [-0.15, -0.1) is 0 Å². The highest BCUT2D eigenvalue weighted by molar-refractivity contribution is 14.1. The number of hydrogen-bond acceptors (Lipinski definition) is 8. The number of nitrogens with two attached hydrogens (primary N) is 1. The average Bonchev–Trinajstić information content (AvgIpc) is 3.14. The Kier molecular flexibility index (Phi) is 7.49. The van der Waals surface area contributed by atoms with Crippen LogP contribution in [0.3, 0.4) is 0 Å². The lowest BCUT2D eigenvalue weighted by molar-refractivity contribution is 0.277. The van der Waals surface area contributed by atoms with Gasteiger partial charge in [-0.25, -0.2) is 0 Å². The molecule has 3 rings (SSSR count). The Labute approximate surface area is 179 Å². The summed E-state index contributed by atoms with van der Waals surface area (Å²) in [4.78, 5) is 15.3. The Balaban J connectivity index is 1.53. The molecule has 0 aliphatic carbocycles. The zero-order valence-electron chi connectivity index (χ0n) is 16.4. The van der Waals surface area contributed by atoms with Crippen LogP contribution >= 0.6 is 22.6 Å². The molecule has 1 unspecified atom stereocenters. The summed E-state index contributed by atoms with van der Waals surface area (Å²) in [5, 5.41) is 6.57. The first-order valence-corrected chi connectivity index (χ1v) is 10.7. The Morgan fingerprint density at radius 1 is 1.25 bits per heavy atom. The number of ether oxygens (including phenoxy) is 1. The lowest BCUT2D eigenvalue weighted by atomic mass is 10.1. The van der Waals surface area contributed by atoms with E-state index in [2.05, 4.69) is 72.1 Å². The Bertz CT molecular complexity index is 789. The van der Waals surface area contributed by atoms with Crippen molar-refractivity contribution in [3.8, 4) is 5.75 Å². The molecule has 2 aromatic rings. The van der Waals surface area contributed by atoms with Crippen molar-refractivity contribution in [3.63, 3.8) is 0 Å². The maximum absolute atomic E-state index is 5.86. The van der Waals surface area contributed by atoms with Gasteiger partial charge < -0.3 is 21.1 Å². The molecule has 1 fully saturated rings.